The molecule has 3 aromatic heterocycles. The van der Waals surface area contributed by atoms with Crippen molar-refractivity contribution in [2.24, 2.45) is 0 Å². The molecule has 0 bridgehead atoms. The molecule has 22 heavy (non-hydrogen) atoms. The summed E-state index contributed by atoms with van der Waals surface area (Å²) in [6, 6.07) is 13.6. The third-order valence-corrected chi connectivity index (χ3v) is 4.57. The van der Waals surface area contributed by atoms with Crippen LogP contribution in [0.3, 0.4) is 0 Å². The molecule has 0 N–H and O–H groups in total. The highest BCUT2D eigenvalue weighted by Crippen LogP contribution is 2.37. The maximum absolute atomic E-state index is 5.99. The first-order valence-electron chi connectivity index (χ1n) is 6.72. The molecule has 1 aromatic carbocycles. The second-order valence-corrected chi connectivity index (χ2v) is 6.07. The minimum atomic E-state index is 0.726. The molecule has 0 radical (unpaired) electrons. The molecule has 3 nitrogen and oxygen atoms in total. The summed E-state index contributed by atoms with van der Waals surface area (Å²) in [6.07, 6.45) is 3.37. The second kappa shape index (κ2) is 5.48. The molecule has 0 unspecified atom stereocenters. The Labute approximate surface area is 136 Å². The number of rotatable bonds is 2. The van der Waals surface area contributed by atoms with E-state index in [4.69, 9.17) is 11.6 Å². The van der Waals surface area contributed by atoms with Crippen LogP contribution in [0.15, 0.2) is 60.4 Å². The van der Waals surface area contributed by atoms with E-state index < -0.39 is 0 Å². The molecule has 0 amide bonds. The van der Waals surface area contributed by atoms with Crippen molar-refractivity contribution < 1.29 is 0 Å². The van der Waals surface area contributed by atoms with Gasteiger partial charge in [-0.2, -0.15) is 0 Å². The molecule has 5 heteroatoms. The Kier molecular flexibility index (Phi) is 3.33. The van der Waals surface area contributed by atoms with Crippen molar-refractivity contribution in [3.05, 3.63) is 65.4 Å². The molecule has 3 heterocycles. The standard InChI is InChI=1S/C17H10ClN3S/c18-12-6-4-11(5-7-12)13-9-22-17-15(13)16(20-10-21-17)14-3-1-2-8-19-14/h1-10H. The van der Waals surface area contributed by atoms with Gasteiger partial charge in [0.15, 0.2) is 0 Å². The van der Waals surface area contributed by atoms with E-state index in [1.807, 2.05) is 42.5 Å². The van der Waals surface area contributed by atoms with Gasteiger partial charge in [-0.1, -0.05) is 29.8 Å². The largest absolute Gasteiger partial charge is 0.255 e. The summed E-state index contributed by atoms with van der Waals surface area (Å²) >= 11 is 7.60. The summed E-state index contributed by atoms with van der Waals surface area (Å²) in [5.41, 5.74) is 3.92. The van der Waals surface area contributed by atoms with Crippen molar-refractivity contribution >= 4 is 33.2 Å². The first kappa shape index (κ1) is 13.4. The van der Waals surface area contributed by atoms with E-state index in [2.05, 4.69) is 20.3 Å². The number of halogens is 1. The predicted octanol–water partition coefficient (Wildman–Crippen LogP) is 5.07. The molecular formula is C17H10ClN3S. The van der Waals surface area contributed by atoms with Gasteiger partial charge in [-0.3, -0.25) is 4.98 Å². The third kappa shape index (κ3) is 2.26. The van der Waals surface area contributed by atoms with Gasteiger partial charge in [0, 0.05) is 27.5 Å². The zero-order chi connectivity index (χ0) is 14.9. The molecule has 0 saturated heterocycles. The Hall–Kier alpha value is -2.30. The van der Waals surface area contributed by atoms with E-state index in [-0.39, 0.29) is 0 Å². The predicted molar refractivity (Wildman–Crippen MR) is 91.1 cm³/mol. The molecule has 0 saturated carbocycles. The van der Waals surface area contributed by atoms with Crippen molar-refractivity contribution in [2.45, 2.75) is 0 Å². The molecule has 4 aromatic rings. The van der Waals surface area contributed by atoms with Crippen LogP contribution in [-0.2, 0) is 0 Å². The number of pyridine rings is 1. The molecule has 4 rings (SSSR count). The van der Waals surface area contributed by atoms with Crippen LogP contribution in [0.2, 0.25) is 5.02 Å². The molecule has 0 atom stereocenters. The molecular weight excluding hydrogens is 314 g/mol. The van der Waals surface area contributed by atoms with Crippen LogP contribution in [0.4, 0.5) is 0 Å². The molecule has 0 fully saturated rings. The van der Waals surface area contributed by atoms with Gasteiger partial charge in [-0.05, 0) is 29.8 Å². The van der Waals surface area contributed by atoms with Gasteiger partial charge in [0.05, 0.1) is 5.69 Å². The van der Waals surface area contributed by atoms with Gasteiger partial charge in [-0.15, -0.1) is 11.3 Å². The summed E-state index contributed by atoms with van der Waals surface area (Å²) in [6.45, 7) is 0. The Bertz CT molecular complexity index is 933. The topological polar surface area (TPSA) is 38.7 Å². The summed E-state index contributed by atoms with van der Waals surface area (Å²) in [4.78, 5) is 14.2. The Morgan fingerprint density at radius 1 is 0.909 bits per heavy atom. The fourth-order valence-electron chi connectivity index (χ4n) is 2.41. The lowest BCUT2D eigenvalue weighted by molar-refractivity contribution is 1.20. The van der Waals surface area contributed by atoms with E-state index in [1.54, 1.807) is 23.9 Å². The molecule has 0 aliphatic carbocycles. The van der Waals surface area contributed by atoms with E-state index >= 15 is 0 Å². The Morgan fingerprint density at radius 2 is 1.77 bits per heavy atom. The number of nitrogens with zero attached hydrogens (tertiary/aromatic N) is 3. The number of fused-ring (bicyclic) bond motifs is 1. The van der Waals surface area contributed by atoms with Gasteiger partial charge >= 0.3 is 0 Å². The van der Waals surface area contributed by atoms with Crippen molar-refractivity contribution in [1.82, 2.24) is 15.0 Å². The van der Waals surface area contributed by atoms with Crippen LogP contribution >= 0.6 is 22.9 Å². The zero-order valence-electron chi connectivity index (χ0n) is 11.4. The van der Waals surface area contributed by atoms with E-state index in [0.29, 0.717) is 0 Å². The summed E-state index contributed by atoms with van der Waals surface area (Å²) in [7, 11) is 0. The Balaban J connectivity index is 1.99. The SMILES string of the molecule is Clc1ccc(-c2csc3ncnc(-c4ccccn4)c23)cc1. The first-order chi connectivity index (χ1) is 10.8. The van der Waals surface area contributed by atoms with Gasteiger partial charge in [0.1, 0.15) is 16.9 Å². The van der Waals surface area contributed by atoms with Crippen molar-refractivity contribution in [3.63, 3.8) is 0 Å². The fourth-order valence-corrected chi connectivity index (χ4v) is 3.46. The van der Waals surface area contributed by atoms with Gasteiger partial charge in [0.2, 0.25) is 0 Å². The average Bonchev–Trinajstić information content (AvgIpc) is 3.00. The van der Waals surface area contributed by atoms with Gasteiger partial charge in [0.25, 0.3) is 0 Å². The first-order valence-corrected chi connectivity index (χ1v) is 7.98. The third-order valence-electron chi connectivity index (χ3n) is 3.43. The number of thiophene rings is 1. The lowest BCUT2D eigenvalue weighted by atomic mass is 10.0. The van der Waals surface area contributed by atoms with Crippen LogP contribution < -0.4 is 0 Å². The van der Waals surface area contributed by atoms with E-state index in [0.717, 1.165) is 37.8 Å². The smallest absolute Gasteiger partial charge is 0.127 e. The van der Waals surface area contributed by atoms with Crippen molar-refractivity contribution in [1.29, 1.82) is 0 Å². The molecule has 106 valence electrons. The number of hydrogen-bond donors (Lipinski definition) is 0. The number of hydrogen-bond acceptors (Lipinski definition) is 4. The van der Waals surface area contributed by atoms with Crippen LogP contribution in [0.25, 0.3) is 32.7 Å². The second-order valence-electron chi connectivity index (χ2n) is 4.77. The van der Waals surface area contributed by atoms with Crippen LogP contribution in [-0.4, -0.2) is 15.0 Å². The minimum Gasteiger partial charge on any atom is -0.255 e. The van der Waals surface area contributed by atoms with Crippen LogP contribution in [0.5, 0.6) is 0 Å². The summed E-state index contributed by atoms with van der Waals surface area (Å²) < 4.78 is 0. The highest BCUT2D eigenvalue weighted by atomic mass is 35.5. The normalized spacial score (nSPS) is 11.0. The van der Waals surface area contributed by atoms with Gasteiger partial charge in [-0.25, -0.2) is 9.97 Å². The maximum Gasteiger partial charge on any atom is 0.127 e. The lowest BCUT2D eigenvalue weighted by Gasteiger charge is -2.05. The van der Waals surface area contributed by atoms with Crippen LogP contribution in [0, 0.1) is 0 Å². The Morgan fingerprint density at radius 3 is 2.55 bits per heavy atom. The average molecular weight is 324 g/mol. The number of benzene rings is 1. The highest BCUT2D eigenvalue weighted by molar-refractivity contribution is 7.17. The molecule has 0 aliphatic heterocycles. The number of aromatic nitrogens is 3. The minimum absolute atomic E-state index is 0.726. The monoisotopic (exact) mass is 323 g/mol. The van der Waals surface area contributed by atoms with Crippen molar-refractivity contribution in [2.75, 3.05) is 0 Å². The fraction of sp³-hybridized carbons (Fsp3) is 0. The quantitative estimate of drug-likeness (QED) is 0.516. The molecule has 0 spiro atoms. The van der Waals surface area contributed by atoms with E-state index in [9.17, 15) is 0 Å². The lowest BCUT2D eigenvalue weighted by Crippen LogP contribution is -1.90. The van der Waals surface area contributed by atoms with Gasteiger partial charge < -0.3 is 0 Å². The van der Waals surface area contributed by atoms with E-state index in [1.165, 1.54) is 0 Å². The highest BCUT2D eigenvalue weighted by Gasteiger charge is 2.14. The zero-order valence-corrected chi connectivity index (χ0v) is 13.0. The summed E-state index contributed by atoms with van der Waals surface area (Å²) in [5.74, 6) is 0. The maximum atomic E-state index is 5.99. The van der Waals surface area contributed by atoms with Crippen molar-refractivity contribution in [3.8, 4) is 22.5 Å². The van der Waals surface area contributed by atoms with Crippen LogP contribution in [0.1, 0.15) is 0 Å². The molecule has 0 aliphatic rings. The summed E-state index contributed by atoms with van der Waals surface area (Å²) in [5, 5.41) is 3.87.